The first-order valence-electron chi connectivity index (χ1n) is 9.09. The van der Waals surface area contributed by atoms with Crippen molar-refractivity contribution in [2.75, 3.05) is 6.54 Å². The van der Waals surface area contributed by atoms with Gasteiger partial charge in [-0.15, -0.1) is 0 Å². The zero-order valence-corrected chi connectivity index (χ0v) is 15.6. The summed E-state index contributed by atoms with van der Waals surface area (Å²) in [6, 6.07) is 10.7. The molecule has 0 spiro atoms. The summed E-state index contributed by atoms with van der Waals surface area (Å²) >= 11 is 0. The van der Waals surface area contributed by atoms with Gasteiger partial charge in [-0.3, -0.25) is 4.79 Å². The number of carboxylic acids is 1. The van der Waals surface area contributed by atoms with Crippen LogP contribution >= 0.6 is 0 Å². The van der Waals surface area contributed by atoms with E-state index in [9.17, 15) is 14.9 Å². The first-order chi connectivity index (χ1) is 13.4. The largest absolute Gasteiger partial charge is 0.485 e. The first-order valence-corrected chi connectivity index (χ1v) is 9.09. The Balaban J connectivity index is 1.70. The molecule has 0 saturated carbocycles. The molecule has 144 valence electrons. The van der Waals surface area contributed by atoms with Gasteiger partial charge in [-0.1, -0.05) is 35.5 Å². The highest BCUT2D eigenvalue weighted by molar-refractivity contribution is 6.45. The van der Waals surface area contributed by atoms with Crippen LogP contribution in [0.2, 0.25) is 6.82 Å². The van der Waals surface area contributed by atoms with Crippen LogP contribution in [0.15, 0.2) is 40.9 Å². The second-order valence-electron chi connectivity index (χ2n) is 6.98. The molecule has 0 amide bonds. The Morgan fingerprint density at radius 2 is 2.11 bits per heavy atom. The molecule has 0 unspecified atom stereocenters. The van der Waals surface area contributed by atoms with Crippen LogP contribution in [0.3, 0.4) is 0 Å². The second-order valence-corrected chi connectivity index (χ2v) is 6.98. The number of hydrogen-bond donors (Lipinski definition) is 2. The van der Waals surface area contributed by atoms with Gasteiger partial charge in [-0.25, -0.2) is 4.98 Å². The number of ether oxygens (including phenoxy) is 1. The van der Waals surface area contributed by atoms with E-state index in [1.54, 1.807) is 12.9 Å². The highest BCUT2D eigenvalue weighted by Gasteiger charge is 2.41. The summed E-state index contributed by atoms with van der Waals surface area (Å²) in [7, 11) is -0.875. The van der Waals surface area contributed by atoms with Crippen LogP contribution in [0.25, 0.3) is 22.4 Å². The summed E-state index contributed by atoms with van der Waals surface area (Å²) in [6.07, 6.45) is -0.145. The van der Waals surface area contributed by atoms with E-state index in [1.165, 1.54) is 4.81 Å². The maximum atomic E-state index is 11.5. The number of benzene rings is 1. The minimum absolute atomic E-state index is 0.262. The molecule has 1 aliphatic rings. The van der Waals surface area contributed by atoms with Crippen LogP contribution in [0.4, 0.5) is 0 Å². The van der Waals surface area contributed by atoms with Crippen LogP contribution in [0.1, 0.15) is 12.1 Å². The lowest BCUT2D eigenvalue weighted by molar-refractivity contribution is -0.141. The summed E-state index contributed by atoms with van der Waals surface area (Å²) in [4.78, 5) is 17.7. The van der Waals surface area contributed by atoms with Crippen molar-refractivity contribution in [1.29, 1.82) is 0 Å². The number of carbonyl (C=O) groups is 1. The molecule has 0 aliphatic carbocycles. The predicted molar refractivity (Wildman–Crippen MR) is 103 cm³/mol. The number of aliphatic carboxylic acids is 1. The van der Waals surface area contributed by atoms with E-state index in [0.29, 0.717) is 29.1 Å². The Morgan fingerprint density at radius 3 is 2.75 bits per heavy atom. The van der Waals surface area contributed by atoms with Crippen molar-refractivity contribution in [2.45, 2.75) is 32.3 Å². The lowest BCUT2D eigenvalue weighted by Gasteiger charge is -2.21. The maximum absolute atomic E-state index is 11.5. The topological polar surface area (TPSA) is 109 Å². The smallest absolute Gasteiger partial charge is 0.377 e. The standard InChI is InChI=1S/C19H20BN3O5/c1-11-17-18(28-22-11)16(9-14(21-17)12-6-4-3-5-7-12)27-13-8-15(19(24)25)23(10-13)20(2)26/h3-7,9,13,15,26H,8,10H2,1-2H3,(H,24,25)/t13-,15+/m1/s1. The van der Waals surface area contributed by atoms with E-state index in [-0.39, 0.29) is 6.42 Å². The van der Waals surface area contributed by atoms with Crippen molar-refractivity contribution in [3.05, 3.63) is 42.1 Å². The maximum Gasteiger partial charge on any atom is 0.377 e. The Hall–Kier alpha value is -2.91. The van der Waals surface area contributed by atoms with E-state index in [2.05, 4.69) is 10.1 Å². The van der Waals surface area contributed by atoms with Gasteiger partial charge in [-0.2, -0.15) is 0 Å². The van der Waals surface area contributed by atoms with Crippen molar-refractivity contribution in [3.63, 3.8) is 0 Å². The number of carboxylic acid groups (broad SMARTS) is 1. The molecular weight excluding hydrogens is 361 g/mol. The summed E-state index contributed by atoms with van der Waals surface area (Å²) < 4.78 is 11.5. The van der Waals surface area contributed by atoms with E-state index in [1.807, 2.05) is 37.3 Å². The third-order valence-electron chi connectivity index (χ3n) is 4.98. The normalized spacial score (nSPS) is 19.8. The van der Waals surface area contributed by atoms with Gasteiger partial charge in [0.05, 0.1) is 5.69 Å². The third-order valence-corrected chi connectivity index (χ3v) is 4.98. The van der Waals surface area contributed by atoms with Gasteiger partial charge in [0.15, 0.2) is 5.75 Å². The number of hydrogen-bond acceptors (Lipinski definition) is 7. The second kappa shape index (κ2) is 7.25. The number of rotatable bonds is 5. The van der Waals surface area contributed by atoms with Crippen LogP contribution in [0, 0.1) is 6.92 Å². The van der Waals surface area contributed by atoms with Gasteiger partial charge in [0.25, 0.3) is 0 Å². The Bertz CT molecular complexity index is 1010. The third kappa shape index (κ3) is 3.34. The fourth-order valence-electron chi connectivity index (χ4n) is 3.59. The van der Waals surface area contributed by atoms with Gasteiger partial charge in [0, 0.05) is 24.6 Å². The van der Waals surface area contributed by atoms with Crippen molar-refractivity contribution in [3.8, 4) is 17.0 Å². The molecule has 8 nitrogen and oxygen atoms in total. The fraction of sp³-hybridized carbons (Fsp3) is 0.316. The Kier molecular flexibility index (Phi) is 4.78. The number of nitrogens with zero attached hydrogens (tertiary/aromatic N) is 3. The van der Waals surface area contributed by atoms with Gasteiger partial charge in [0.1, 0.15) is 23.4 Å². The summed E-state index contributed by atoms with van der Waals surface area (Å²) in [5.41, 5.74) is 3.33. The average molecular weight is 381 g/mol. The molecule has 2 N–H and O–H groups in total. The van der Waals surface area contributed by atoms with E-state index in [0.717, 1.165) is 11.3 Å². The molecule has 28 heavy (non-hydrogen) atoms. The predicted octanol–water partition coefficient (Wildman–Crippen LogP) is 2.21. The molecular formula is C19H20BN3O5. The summed E-state index contributed by atoms with van der Waals surface area (Å²) in [5.74, 6) is -0.515. The highest BCUT2D eigenvalue weighted by atomic mass is 16.5. The van der Waals surface area contributed by atoms with Gasteiger partial charge < -0.3 is 24.2 Å². The van der Waals surface area contributed by atoms with Crippen molar-refractivity contribution in [2.24, 2.45) is 0 Å². The van der Waals surface area contributed by atoms with Gasteiger partial charge in [-0.05, 0) is 13.7 Å². The highest BCUT2D eigenvalue weighted by Crippen LogP contribution is 2.34. The van der Waals surface area contributed by atoms with Crippen molar-refractivity contribution >= 4 is 24.1 Å². The SMILES string of the molecule is CB(O)N1C[C@H](Oc2cc(-c3ccccc3)nc3c(C)noc23)C[C@H]1C(=O)O. The minimum Gasteiger partial charge on any atom is -0.485 e. The molecule has 3 aromatic rings. The number of aromatic nitrogens is 2. The first kappa shape index (κ1) is 18.5. The molecule has 0 radical (unpaired) electrons. The molecule has 1 aromatic carbocycles. The van der Waals surface area contributed by atoms with Gasteiger partial charge in [0.2, 0.25) is 5.58 Å². The summed E-state index contributed by atoms with van der Waals surface area (Å²) in [6.45, 7) is 3.66. The number of aryl methyl sites for hydroxylation is 1. The Labute approximate surface area is 161 Å². The lowest BCUT2D eigenvalue weighted by atomic mass is 9.84. The van der Waals surface area contributed by atoms with Crippen molar-refractivity contribution < 1.29 is 24.2 Å². The zero-order chi connectivity index (χ0) is 19.8. The van der Waals surface area contributed by atoms with Crippen molar-refractivity contribution in [1.82, 2.24) is 15.0 Å². The molecule has 2 aromatic heterocycles. The molecule has 1 saturated heterocycles. The average Bonchev–Trinajstić information content (AvgIpc) is 3.27. The molecule has 0 bridgehead atoms. The fourth-order valence-corrected chi connectivity index (χ4v) is 3.59. The van der Waals surface area contributed by atoms with E-state index >= 15 is 0 Å². The molecule has 9 heteroatoms. The molecule has 1 aliphatic heterocycles. The number of pyridine rings is 1. The van der Waals surface area contributed by atoms with Crippen LogP contribution in [0.5, 0.6) is 5.75 Å². The molecule has 3 heterocycles. The molecule has 2 atom stereocenters. The van der Waals surface area contributed by atoms with Crippen LogP contribution in [-0.4, -0.2) is 56.8 Å². The minimum atomic E-state index is -0.979. The zero-order valence-electron chi connectivity index (χ0n) is 15.6. The van der Waals surface area contributed by atoms with E-state index < -0.39 is 25.2 Å². The van der Waals surface area contributed by atoms with Gasteiger partial charge >= 0.3 is 13.0 Å². The molecule has 4 rings (SSSR count). The Morgan fingerprint density at radius 1 is 1.36 bits per heavy atom. The molecule has 1 fully saturated rings. The quantitative estimate of drug-likeness (QED) is 0.648. The van der Waals surface area contributed by atoms with Crippen LogP contribution < -0.4 is 4.74 Å². The van der Waals surface area contributed by atoms with Crippen LogP contribution in [-0.2, 0) is 4.79 Å². The monoisotopic (exact) mass is 381 g/mol. The number of fused-ring (bicyclic) bond motifs is 1. The summed E-state index contributed by atoms with van der Waals surface area (Å²) in [5, 5.41) is 23.3. The van der Waals surface area contributed by atoms with E-state index in [4.69, 9.17) is 9.26 Å². The lowest BCUT2D eigenvalue weighted by Crippen LogP contribution is -2.45.